The molecule has 0 saturated carbocycles. The van der Waals surface area contributed by atoms with Gasteiger partial charge in [-0.1, -0.05) is 18.2 Å². The molecule has 0 bridgehead atoms. The normalized spacial score (nSPS) is 19.4. The molecule has 1 aromatic carbocycles. The minimum atomic E-state index is -3.11. The van der Waals surface area contributed by atoms with E-state index in [1.54, 1.807) is 18.3 Å². The van der Waals surface area contributed by atoms with Crippen molar-refractivity contribution in [2.24, 2.45) is 0 Å². The first-order valence-corrected chi connectivity index (χ1v) is 8.68. The van der Waals surface area contributed by atoms with Gasteiger partial charge in [-0.3, -0.25) is 0 Å². The number of nitrogens with zero attached hydrogens (tertiary/aromatic N) is 1. The second-order valence-corrected chi connectivity index (χ2v) is 7.76. The average molecular weight is 292 g/mol. The third kappa shape index (κ3) is 2.15. The van der Waals surface area contributed by atoms with Gasteiger partial charge in [0, 0.05) is 29.7 Å². The van der Waals surface area contributed by atoms with Gasteiger partial charge < -0.3 is 4.98 Å². The van der Waals surface area contributed by atoms with E-state index in [1.807, 2.05) is 12.1 Å². The molecule has 1 unspecified atom stereocenters. The SMILES string of the molecule is CCS(=O)(=O)N(C)C1CCc2[nH]c3ccccc3c2C1. The van der Waals surface area contributed by atoms with Crippen LogP contribution in [0.1, 0.15) is 24.6 Å². The number of likely N-dealkylation sites (N-methyl/N-ethyl adjacent to an activating group) is 1. The molecule has 0 fully saturated rings. The molecule has 3 rings (SSSR count). The second-order valence-electron chi connectivity index (χ2n) is 5.44. The lowest BCUT2D eigenvalue weighted by molar-refractivity contribution is 0.336. The Hall–Kier alpha value is -1.33. The molecular weight excluding hydrogens is 272 g/mol. The van der Waals surface area contributed by atoms with E-state index in [-0.39, 0.29) is 11.8 Å². The third-order valence-electron chi connectivity index (χ3n) is 4.39. The van der Waals surface area contributed by atoms with Gasteiger partial charge in [0.2, 0.25) is 10.0 Å². The zero-order valence-electron chi connectivity index (χ0n) is 11.9. The third-order valence-corrected chi connectivity index (χ3v) is 6.29. The van der Waals surface area contributed by atoms with E-state index in [0.717, 1.165) is 24.8 Å². The summed E-state index contributed by atoms with van der Waals surface area (Å²) in [6, 6.07) is 8.32. The first kappa shape index (κ1) is 13.6. The number of H-pyrrole nitrogens is 1. The van der Waals surface area contributed by atoms with Crippen LogP contribution >= 0.6 is 0 Å². The molecule has 4 nitrogen and oxygen atoms in total. The summed E-state index contributed by atoms with van der Waals surface area (Å²) < 4.78 is 25.6. The second kappa shape index (κ2) is 4.90. The fourth-order valence-corrected chi connectivity index (χ4v) is 4.13. The van der Waals surface area contributed by atoms with Crippen molar-refractivity contribution < 1.29 is 8.42 Å². The van der Waals surface area contributed by atoms with Crippen LogP contribution < -0.4 is 0 Å². The highest BCUT2D eigenvalue weighted by Gasteiger charge is 2.30. The van der Waals surface area contributed by atoms with Crippen LogP contribution in [-0.2, 0) is 22.9 Å². The van der Waals surface area contributed by atoms with Crippen LogP contribution in [-0.4, -0.2) is 36.5 Å². The number of aromatic amines is 1. The molecule has 0 aliphatic heterocycles. The van der Waals surface area contributed by atoms with Gasteiger partial charge in [-0.2, -0.15) is 0 Å². The zero-order valence-corrected chi connectivity index (χ0v) is 12.7. The Balaban J connectivity index is 1.95. The highest BCUT2D eigenvalue weighted by atomic mass is 32.2. The number of para-hydroxylation sites is 1. The summed E-state index contributed by atoms with van der Waals surface area (Å²) in [5.41, 5.74) is 3.71. The number of aromatic nitrogens is 1. The highest BCUT2D eigenvalue weighted by Crippen LogP contribution is 2.31. The van der Waals surface area contributed by atoms with Gasteiger partial charge >= 0.3 is 0 Å². The first-order valence-electron chi connectivity index (χ1n) is 7.07. The molecule has 0 radical (unpaired) electrons. The van der Waals surface area contributed by atoms with E-state index in [0.29, 0.717) is 0 Å². The predicted molar refractivity (Wildman–Crippen MR) is 81.3 cm³/mol. The molecule has 1 aliphatic rings. The van der Waals surface area contributed by atoms with Crippen molar-refractivity contribution >= 4 is 20.9 Å². The Kier molecular flexibility index (Phi) is 3.34. The van der Waals surface area contributed by atoms with Crippen molar-refractivity contribution in [2.45, 2.75) is 32.2 Å². The molecule has 2 aromatic rings. The maximum Gasteiger partial charge on any atom is 0.213 e. The number of hydrogen-bond donors (Lipinski definition) is 1. The van der Waals surface area contributed by atoms with E-state index in [9.17, 15) is 8.42 Å². The molecular formula is C15H20N2O2S. The van der Waals surface area contributed by atoms with Crippen LogP contribution in [0, 0.1) is 0 Å². The number of benzene rings is 1. The lowest BCUT2D eigenvalue weighted by atomic mass is 9.91. The van der Waals surface area contributed by atoms with Gasteiger partial charge in [0.1, 0.15) is 0 Å². The summed E-state index contributed by atoms with van der Waals surface area (Å²) in [6.45, 7) is 1.70. The maximum atomic E-state index is 12.0. The molecule has 0 spiro atoms. The summed E-state index contributed by atoms with van der Waals surface area (Å²) >= 11 is 0. The molecule has 20 heavy (non-hydrogen) atoms. The van der Waals surface area contributed by atoms with Gasteiger partial charge in [0.15, 0.2) is 0 Å². The number of rotatable bonds is 3. The number of fused-ring (bicyclic) bond motifs is 3. The lowest BCUT2D eigenvalue weighted by Gasteiger charge is -2.30. The number of hydrogen-bond acceptors (Lipinski definition) is 2. The van der Waals surface area contributed by atoms with Gasteiger partial charge in [0.25, 0.3) is 0 Å². The number of sulfonamides is 1. The maximum absolute atomic E-state index is 12.0. The molecule has 1 N–H and O–H groups in total. The molecule has 1 aromatic heterocycles. The largest absolute Gasteiger partial charge is 0.358 e. The molecule has 108 valence electrons. The van der Waals surface area contributed by atoms with Gasteiger partial charge in [0.05, 0.1) is 5.75 Å². The Bertz CT molecular complexity index is 733. The predicted octanol–water partition coefficient (Wildman–Crippen LogP) is 2.31. The van der Waals surface area contributed by atoms with Crippen molar-refractivity contribution in [1.82, 2.24) is 9.29 Å². The Morgan fingerprint density at radius 2 is 2.10 bits per heavy atom. The van der Waals surface area contributed by atoms with E-state index in [2.05, 4.69) is 17.1 Å². The first-order chi connectivity index (χ1) is 9.53. The van der Waals surface area contributed by atoms with Crippen LogP contribution in [0.15, 0.2) is 24.3 Å². The van der Waals surface area contributed by atoms with Gasteiger partial charge in [-0.15, -0.1) is 0 Å². The van der Waals surface area contributed by atoms with Crippen molar-refractivity contribution in [1.29, 1.82) is 0 Å². The van der Waals surface area contributed by atoms with E-state index in [1.165, 1.54) is 16.6 Å². The molecule has 1 aliphatic carbocycles. The van der Waals surface area contributed by atoms with Gasteiger partial charge in [-0.05, 0) is 37.8 Å². The topological polar surface area (TPSA) is 53.2 Å². The molecule has 0 saturated heterocycles. The molecule has 1 heterocycles. The summed E-state index contributed by atoms with van der Waals surface area (Å²) in [5, 5.41) is 1.23. The Morgan fingerprint density at radius 3 is 2.85 bits per heavy atom. The monoisotopic (exact) mass is 292 g/mol. The lowest BCUT2D eigenvalue weighted by Crippen LogP contribution is -2.41. The van der Waals surface area contributed by atoms with Crippen LogP contribution in [0.25, 0.3) is 10.9 Å². The van der Waals surface area contributed by atoms with E-state index < -0.39 is 10.0 Å². The molecule has 1 atom stereocenters. The number of aryl methyl sites for hydroxylation is 1. The summed E-state index contributed by atoms with van der Waals surface area (Å²) in [7, 11) is -1.40. The fraction of sp³-hybridized carbons (Fsp3) is 0.467. The smallest absolute Gasteiger partial charge is 0.213 e. The summed E-state index contributed by atoms with van der Waals surface area (Å²) in [5.74, 6) is 0.167. The Labute approximate surface area is 119 Å². The van der Waals surface area contributed by atoms with Crippen molar-refractivity contribution in [3.63, 3.8) is 0 Å². The summed E-state index contributed by atoms with van der Waals surface area (Å²) in [6.07, 6.45) is 2.60. The van der Waals surface area contributed by atoms with E-state index in [4.69, 9.17) is 0 Å². The molecule has 5 heteroatoms. The van der Waals surface area contributed by atoms with Gasteiger partial charge in [-0.25, -0.2) is 12.7 Å². The highest BCUT2D eigenvalue weighted by molar-refractivity contribution is 7.89. The standard InChI is InChI=1S/C15H20N2O2S/c1-3-20(18,19)17(2)11-8-9-15-13(10-11)12-6-4-5-7-14(12)16-15/h4-7,11,16H,3,8-10H2,1-2H3. The quantitative estimate of drug-likeness (QED) is 0.944. The van der Waals surface area contributed by atoms with Crippen LogP contribution in [0.5, 0.6) is 0 Å². The molecule has 0 amide bonds. The average Bonchev–Trinajstić information content (AvgIpc) is 2.84. The van der Waals surface area contributed by atoms with Crippen molar-refractivity contribution in [2.75, 3.05) is 12.8 Å². The van der Waals surface area contributed by atoms with Crippen molar-refractivity contribution in [3.8, 4) is 0 Å². The fourth-order valence-electron chi connectivity index (χ4n) is 3.09. The summed E-state index contributed by atoms with van der Waals surface area (Å²) in [4.78, 5) is 3.46. The zero-order chi connectivity index (χ0) is 14.3. The minimum absolute atomic E-state index is 0.0756. The van der Waals surface area contributed by atoms with E-state index >= 15 is 0 Å². The number of nitrogens with one attached hydrogen (secondary N) is 1. The van der Waals surface area contributed by atoms with Crippen LogP contribution in [0.3, 0.4) is 0 Å². The minimum Gasteiger partial charge on any atom is -0.358 e. The van der Waals surface area contributed by atoms with Crippen molar-refractivity contribution in [3.05, 3.63) is 35.5 Å². The van der Waals surface area contributed by atoms with Crippen LogP contribution in [0.2, 0.25) is 0 Å². The Morgan fingerprint density at radius 1 is 1.35 bits per heavy atom. The van der Waals surface area contributed by atoms with Crippen LogP contribution in [0.4, 0.5) is 0 Å².